The predicted octanol–water partition coefficient (Wildman–Crippen LogP) is 15.2. The van der Waals surface area contributed by atoms with Crippen molar-refractivity contribution in [3.8, 4) is 50.6 Å². The van der Waals surface area contributed by atoms with E-state index in [1.165, 1.54) is 88.3 Å². The van der Waals surface area contributed by atoms with Gasteiger partial charge in [0.2, 0.25) is 5.95 Å². The van der Waals surface area contributed by atoms with Crippen molar-refractivity contribution in [1.82, 2.24) is 14.5 Å². The summed E-state index contributed by atoms with van der Waals surface area (Å²) in [6, 6.07) is 75.9. The molecule has 3 heteroatoms. The maximum atomic E-state index is 5.60. The summed E-state index contributed by atoms with van der Waals surface area (Å²) in [6.07, 6.45) is 2.30. The molecule has 0 unspecified atom stereocenters. The SMILES string of the molecule is CC1(C)C(c2ccccc2)=Cc2nc(-n3c4ccc(-c5ccc6c(c5)C5(c7ccccc7-c7ccccc75)c5ccccc5-6)cc4c4c5ccccc5ccc43)nc(-c3ccccc3)c21. The Morgan fingerprint density at radius 1 is 0.415 bits per heavy atom. The first-order chi connectivity index (χ1) is 32.0. The molecule has 0 fully saturated rings. The molecule has 0 saturated heterocycles. The third kappa shape index (κ3) is 4.85. The summed E-state index contributed by atoms with van der Waals surface area (Å²) in [4.78, 5) is 11.1. The molecule has 0 bridgehead atoms. The van der Waals surface area contributed by atoms with Crippen LogP contribution in [0.3, 0.4) is 0 Å². The zero-order chi connectivity index (χ0) is 43.0. The van der Waals surface area contributed by atoms with Gasteiger partial charge in [-0.25, -0.2) is 9.97 Å². The molecule has 14 rings (SSSR count). The molecule has 304 valence electrons. The first-order valence-electron chi connectivity index (χ1n) is 22.7. The zero-order valence-corrected chi connectivity index (χ0v) is 36.0. The number of nitrogens with zero attached hydrogens (tertiary/aromatic N) is 3. The Kier molecular flexibility index (Phi) is 7.38. The van der Waals surface area contributed by atoms with Crippen molar-refractivity contribution in [3.63, 3.8) is 0 Å². The molecule has 0 N–H and O–H groups in total. The molecule has 0 radical (unpaired) electrons. The Morgan fingerprint density at radius 2 is 0.969 bits per heavy atom. The maximum absolute atomic E-state index is 5.60. The van der Waals surface area contributed by atoms with Crippen molar-refractivity contribution in [2.45, 2.75) is 24.7 Å². The Bertz CT molecular complexity index is 3790. The summed E-state index contributed by atoms with van der Waals surface area (Å²) in [6.45, 7) is 4.62. The number of hydrogen-bond acceptors (Lipinski definition) is 2. The molecule has 3 aliphatic carbocycles. The molecular formula is C62H41N3. The maximum Gasteiger partial charge on any atom is 0.235 e. The van der Waals surface area contributed by atoms with Crippen LogP contribution in [-0.2, 0) is 10.8 Å². The van der Waals surface area contributed by atoms with Crippen LogP contribution in [0.2, 0.25) is 0 Å². The normalized spacial score (nSPS) is 14.6. The second-order valence-electron chi connectivity index (χ2n) is 18.4. The molecule has 9 aromatic carbocycles. The summed E-state index contributed by atoms with van der Waals surface area (Å²) in [5, 5.41) is 4.80. The van der Waals surface area contributed by atoms with Gasteiger partial charge in [0.05, 0.1) is 27.8 Å². The van der Waals surface area contributed by atoms with Crippen LogP contribution in [0.4, 0.5) is 0 Å². The minimum absolute atomic E-state index is 0.315. The number of rotatable bonds is 4. The molecule has 3 nitrogen and oxygen atoms in total. The molecular weight excluding hydrogens is 787 g/mol. The van der Waals surface area contributed by atoms with E-state index in [-0.39, 0.29) is 5.41 Å². The Morgan fingerprint density at radius 3 is 1.66 bits per heavy atom. The summed E-state index contributed by atoms with van der Waals surface area (Å²) in [5.41, 5.74) is 21.1. The highest BCUT2D eigenvalue weighted by Gasteiger charge is 2.51. The van der Waals surface area contributed by atoms with Crippen LogP contribution >= 0.6 is 0 Å². The van der Waals surface area contributed by atoms with Crippen LogP contribution in [0.15, 0.2) is 206 Å². The topological polar surface area (TPSA) is 30.7 Å². The minimum atomic E-state index is -0.407. The van der Waals surface area contributed by atoms with Gasteiger partial charge < -0.3 is 0 Å². The Balaban J connectivity index is 1.01. The van der Waals surface area contributed by atoms with Gasteiger partial charge in [-0.05, 0) is 108 Å². The van der Waals surface area contributed by atoms with Crippen LogP contribution in [-0.4, -0.2) is 14.5 Å². The van der Waals surface area contributed by atoms with E-state index in [4.69, 9.17) is 9.97 Å². The van der Waals surface area contributed by atoms with Gasteiger partial charge in [0.1, 0.15) is 0 Å². The van der Waals surface area contributed by atoms with Gasteiger partial charge in [-0.15, -0.1) is 0 Å². The van der Waals surface area contributed by atoms with Crippen LogP contribution in [0.5, 0.6) is 0 Å². The van der Waals surface area contributed by atoms with E-state index in [2.05, 4.69) is 231 Å². The molecule has 65 heavy (non-hydrogen) atoms. The average Bonchev–Trinajstić information content (AvgIpc) is 4.05. The number of allylic oxidation sites excluding steroid dienone is 1. The second-order valence-corrected chi connectivity index (χ2v) is 18.4. The van der Waals surface area contributed by atoms with Crippen molar-refractivity contribution < 1.29 is 0 Å². The minimum Gasteiger partial charge on any atom is -0.278 e. The molecule has 0 saturated carbocycles. The summed E-state index contributed by atoms with van der Waals surface area (Å²) in [7, 11) is 0. The third-order valence-corrected chi connectivity index (χ3v) is 14.8. The van der Waals surface area contributed by atoms with Crippen LogP contribution < -0.4 is 0 Å². The highest BCUT2D eigenvalue weighted by atomic mass is 15.2. The van der Waals surface area contributed by atoms with E-state index in [9.17, 15) is 0 Å². The predicted molar refractivity (Wildman–Crippen MR) is 268 cm³/mol. The van der Waals surface area contributed by atoms with E-state index in [1.54, 1.807) is 0 Å². The van der Waals surface area contributed by atoms with E-state index >= 15 is 0 Å². The van der Waals surface area contributed by atoms with Crippen molar-refractivity contribution in [3.05, 3.63) is 245 Å². The standard InChI is InChI=1S/C62H41N3/c1-61(2)52(39-18-5-3-6-19-39)37-54-58(61)59(40-20-7-4-8-21-40)64-60(63-54)65-55-33-31-41(35-48(55)57-43-22-10-9-17-38(43)30-34-56(57)65)42-29-32-47-46-25-13-16-28-51(46)62(53(47)36-42)49-26-14-11-23-44(49)45-24-12-15-27-50(45)62/h3-37H,1-2H3. The molecule has 1 spiro atoms. The first kappa shape index (κ1) is 36.4. The third-order valence-electron chi connectivity index (χ3n) is 14.8. The Labute approximate surface area is 377 Å². The molecule has 3 aliphatic rings. The smallest absolute Gasteiger partial charge is 0.235 e. The van der Waals surface area contributed by atoms with Crippen LogP contribution in [0.1, 0.15) is 52.9 Å². The number of aromatic nitrogens is 3. The van der Waals surface area contributed by atoms with E-state index in [0.717, 1.165) is 33.5 Å². The molecule has 0 amide bonds. The van der Waals surface area contributed by atoms with Gasteiger partial charge in [0, 0.05) is 27.3 Å². The molecule has 2 heterocycles. The highest BCUT2D eigenvalue weighted by molar-refractivity contribution is 6.22. The van der Waals surface area contributed by atoms with Crippen LogP contribution in [0.25, 0.3) is 94.8 Å². The fourth-order valence-electron chi connectivity index (χ4n) is 12.1. The van der Waals surface area contributed by atoms with Crippen molar-refractivity contribution >= 4 is 44.2 Å². The highest BCUT2D eigenvalue weighted by Crippen LogP contribution is 2.63. The monoisotopic (exact) mass is 827 g/mol. The van der Waals surface area contributed by atoms with Crippen molar-refractivity contribution in [2.75, 3.05) is 0 Å². The Hall–Kier alpha value is -8.14. The molecule has 2 aromatic heterocycles. The largest absolute Gasteiger partial charge is 0.278 e. The lowest BCUT2D eigenvalue weighted by atomic mass is 9.70. The number of fused-ring (bicyclic) bond motifs is 16. The van der Waals surface area contributed by atoms with Crippen LogP contribution in [0, 0.1) is 0 Å². The number of benzene rings is 9. The van der Waals surface area contributed by atoms with Gasteiger partial charge in [-0.1, -0.05) is 196 Å². The molecule has 11 aromatic rings. The summed E-state index contributed by atoms with van der Waals surface area (Å²) in [5.74, 6) is 0.669. The molecule has 0 aliphatic heterocycles. The van der Waals surface area contributed by atoms with Crippen molar-refractivity contribution in [2.24, 2.45) is 0 Å². The lowest BCUT2D eigenvalue weighted by Gasteiger charge is -2.30. The first-order valence-corrected chi connectivity index (χ1v) is 22.7. The summed E-state index contributed by atoms with van der Waals surface area (Å²) >= 11 is 0. The van der Waals surface area contributed by atoms with Gasteiger partial charge in [0.15, 0.2) is 0 Å². The van der Waals surface area contributed by atoms with Gasteiger partial charge in [-0.2, -0.15) is 0 Å². The van der Waals surface area contributed by atoms with E-state index < -0.39 is 5.41 Å². The lowest BCUT2D eigenvalue weighted by Crippen LogP contribution is -2.25. The zero-order valence-electron chi connectivity index (χ0n) is 36.0. The van der Waals surface area contributed by atoms with Gasteiger partial charge in [0.25, 0.3) is 0 Å². The van der Waals surface area contributed by atoms with E-state index in [0.29, 0.717) is 5.95 Å². The van der Waals surface area contributed by atoms with Crippen molar-refractivity contribution in [1.29, 1.82) is 0 Å². The fraction of sp³-hybridized carbons (Fsp3) is 0.0645. The summed E-state index contributed by atoms with van der Waals surface area (Å²) < 4.78 is 2.30. The quantitative estimate of drug-likeness (QED) is 0.177. The van der Waals surface area contributed by atoms with Gasteiger partial charge in [-0.3, -0.25) is 4.57 Å². The fourth-order valence-corrected chi connectivity index (χ4v) is 12.1. The lowest BCUT2D eigenvalue weighted by molar-refractivity contribution is 0.696. The molecule has 0 atom stereocenters. The van der Waals surface area contributed by atoms with E-state index in [1.807, 2.05) is 0 Å². The second kappa shape index (κ2) is 13.2. The van der Waals surface area contributed by atoms with Gasteiger partial charge >= 0.3 is 0 Å². The number of hydrogen-bond donors (Lipinski definition) is 0. The average molecular weight is 828 g/mol.